The molecule has 0 radical (unpaired) electrons. The first kappa shape index (κ1) is 14.5. The molecule has 0 aliphatic carbocycles. The summed E-state index contributed by atoms with van der Waals surface area (Å²) >= 11 is 0. The standard InChI is InChI=1S/C15H19FN2O2/c1-15(2,3)20-14(19)12(17)6-9-8-18-13-7-10(16)4-5-11(9)13/h4-5,7-8,12,18H,6,17H2,1-3H3. The van der Waals surface area contributed by atoms with Crippen molar-refractivity contribution in [3.8, 4) is 0 Å². The lowest BCUT2D eigenvalue weighted by Gasteiger charge is -2.22. The highest BCUT2D eigenvalue weighted by Gasteiger charge is 2.23. The number of carbonyl (C=O) groups excluding carboxylic acids is 1. The van der Waals surface area contributed by atoms with Crippen molar-refractivity contribution in [1.82, 2.24) is 4.98 Å². The van der Waals surface area contributed by atoms with E-state index in [4.69, 9.17) is 10.5 Å². The first-order chi connectivity index (χ1) is 9.26. The Morgan fingerprint density at radius 1 is 1.45 bits per heavy atom. The Labute approximate surface area is 117 Å². The zero-order valence-corrected chi connectivity index (χ0v) is 11.9. The minimum atomic E-state index is -0.738. The number of ether oxygens (including phenoxy) is 1. The van der Waals surface area contributed by atoms with E-state index in [1.165, 1.54) is 12.1 Å². The summed E-state index contributed by atoms with van der Waals surface area (Å²) in [4.78, 5) is 14.8. The summed E-state index contributed by atoms with van der Waals surface area (Å²) < 4.78 is 18.3. The van der Waals surface area contributed by atoms with E-state index in [0.717, 1.165) is 10.9 Å². The molecule has 0 bridgehead atoms. The van der Waals surface area contributed by atoms with Gasteiger partial charge in [0.15, 0.2) is 0 Å². The normalized spacial score (nSPS) is 13.4. The molecular weight excluding hydrogens is 259 g/mol. The maximum Gasteiger partial charge on any atom is 0.323 e. The van der Waals surface area contributed by atoms with Crippen molar-refractivity contribution in [2.75, 3.05) is 0 Å². The minimum Gasteiger partial charge on any atom is -0.459 e. The Hall–Kier alpha value is -1.88. The van der Waals surface area contributed by atoms with Gasteiger partial charge >= 0.3 is 5.97 Å². The Balaban J connectivity index is 2.14. The molecule has 0 aliphatic rings. The fourth-order valence-corrected chi connectivity index (χ4v) is 2.03. The van der Waals surface area contributed by atoms with E-state index in [9.17, 15) is 9.18 Å². The van der Waals surface area contributed by atoms with Crippen molar-refractivity contribution in [3.05, 3.63) is 35.8 Å². The monoisotopic (exact) mass is 278 g/mol. The van der Waals surface area contributed by atoms with E-state index in [1.54, 1.807) is 33.0 Å². The molecule has 0 fully saturated rings. The van der Waals surface area contributed by atoms with Gasteiger partial charge in [-0.3, -0.25) is 4.79 Å². The molecule has 0 aliphatic heterocycles. The van der Waals surface area contributed by atoms with E-state index >= 15 is 0 Å². The van der Waals surface area contributed by atoms with Crippen LogP contribution in [0.25, 0.3) is 10.9 Å². The number of H-pyrrole nitrogens is 1. The van der Waals surface area contributed by atoms with E-state index in [1.807, 2.05) is 0 Å². The van der Waals surface area contributed by atoms with Gasteiger partial charge in [-0.1, -0.05) is 0 Å². The molecule has 1 aromatic heterocycles. The summed E-state index contributed by atoms with van der Waals surface area (Å²) in [6.45, 7) is 5.39. The van der Waals surface area contributed by atoms with Gasteiger partial charge in [-0.25, -0.2) is 4.39 Å². The molecule has 1 atom stereocenters. The summed E-state index contributed by atoms with van der Waals surface area (Å²) in [7, 11) is 0. The van der Waals surface area contributed by atoms with Crippen molar-refractivity contribution in [2.24, 2.45) is 5.73 Å². The molecule has 1 heterocycles. The van der Waals surface area contributed by atoms with Gasteiger partial charge in [0, 0.05) is 23.5 Å². The van der Waals surface area contributed by atoms with Gasteiger partial charge in [0.05, 0.1) is 0 Å². The molecule has 0 saturated heterocycles. The second kappa shape index (κ2) is 5.25. The van der Waals surface area contributed by atoms with Crippen molar-refractivity contribution in [1.29, 1.82) is 0 Å². The van der Waals surface area contributed by atoms with Crippen LogP contribution in [0, 0.1) is 5.82 Å². The molecule has 5 heteroatoms. The molecule has 2 rings (SSSR count). The Bertz CT molecular complexity index is 628. The second-order valence-electron chi connectivity index (χ2n) is 5.85. The molecule has 1 unspecified atom stereocenters. The van der Waals surface area contributed by atoms with Crippen LogP contribution in [-0.4, -0.2) is 22.6 Å². The van der Waals surface area contributed by atoms with Crippen LogP contribution in [0.2, 0.25) is 0 Å². The molecule has 4 nitrogen and oxygen atoms in total. The van der Waals surface area contributed by atoms with E-state index < -0.39 is 17.6 Å². The number of esters is 1. The van der Waals surface area contributed by atoms with Gasteiger partial charge in [0.25, 0.3) is 0 Å². The zero-order chi connectivity index (χ0) is 14.9. The third-order valence-corrected chi connectivity index (χ3v) is 2.88. The van der Waals surface area contributed by atoms with Crippen molar-refractivity contribution in [3.63, 3.8) is 0 Å². The van der Waals surface area contributed by atoms with Crippen LogP contribution in [0.5, 0.6) is 0 Å². The van der Waals surface area contributed by atoms with E-state index in [2.05, 4.69) is 4.98 Å². The van der Waals surface area contributed by atoms with Crippen molar-refractivity contribution >= 4 is 16.9 Å². The van der Waals surface area contributed by atoms with Crippen molar-refractivity contribution < 1.29 is 13.9 Å². The number of nitrogens with one attached hydrogen (secondary N) is 1. The average Bonchev–Trinajstić information content (AvgIpc) is 2.69. The predicted molar refractivity (Wildman–Crippen MR) is 75.8 cm³/mol. The van der Waals surface area contributed by atoms with Gasteiger partial charge in [-0.05, 0) is 44.5 Å². The molecule has 0 spiro atoms. The van der Waals surface area contributed by atoms with Crippen LogP contribution in [0.15, 0.2) is 24.4 Å². The van der Waals surface area contributed by atoms with Gasteiger partial charge in [0.1, 0.15) is 17.5 Å². The third-order valence-electron chi connectivity index (χ3n) is 2.88. The molecule has 2 aromatic rings. The molecular formula is C15H19FN2O2. The number of aromatic amines is 1. The maximum atomic E-state index is 13.1. The summed E-state index contributed by atoms with van der Waals surface area (Å²) in [5.41, 5.74) is 6.88. The largest absolute Gasteiger partial charge is 0.459 e. The number of aromatic nitrogens is 1. The fraction of sp³-hybridized carbons (Fsp3) is 0.400. The number of fused-ring (bicyclic) bond motifs is 1. The lowest BCUT2D eigenvalue weighted by atomic mass is 10.1. The zero-order valence-electron chi connectivity index (χ0n) is 11.9. The smallest absolute Gasteiger partial charge is 0.323 e. The number of hydrogen-bond acceptors (Lipinski definition) is 3. The molecule has 1 aromatic carbocycles. The molecule has 3 N–H and O–H groups in total. The summed E-state index contributed by atoms with van der Waals surface area (Å²) in [6, 6.07) is 3.74. The molecule has 0 amide bonds. The van der Waals surface area contributed by atoms with Crippen molar-refractivity contribution in [2.45, 2.75) is 38.8 Å². The molecule has 0 saturated carbocycles. The SMILES string of the molecule is CC(C)(C)OC(=O)C(N)Cc1c[nH]c2cc(F)ccc12. The summed E-state index contributed by atoms with van der Waals surface area (Å²) in [5, 5.41) is 0.866. The first-order valence-electron chi connectivity index (χ1n) is 6.50. The number of carbonyl (C=O) groups is 1. The van der Waals surface area contributed by atoms with E-state index in [0.29, 0.717) is 11.9 Å². The van der Waals surface area contributed by atoms with Gasteiger partial charge in [-0.15, -0.1) is 0 Å². The van der Waals surface area contributed by atoms with Gasteiger partial charge in [-0.2, -0.15) is 0 Å². The number of rotatable bonds is 3. The highest BCUT2D eigenvalue weighted by Crippen LogP contribution is 2.20. The van der Waals surface area contributed by atoms with Crippen LogP contribution in [0.3, 0.4) is 0 Å². The molecule has 20 heavy (non-hydrogen) atoms. The maximum absolute atomic E-state index is 13.1. The summed E-state index contributed by atoms with van der Waals surface area (Å²) in [5.74, 6) is -0.740. The van der Waals surface area contributed by atoms with Crippen LogP contribution in [0.1, 0.15) is 26.3 Å². The summed E-state index contributed by atoms with van der Waals surface area (Å²) in [6.07, 6.45) is 2.09. The van der Waals surface area contributed by atoms with Gasteiger partial charge in [0.2, 0.25) is 0 Å². The van der Waals surface area contributed by atoms with Gasteiger partial charge < -0.3 is 15.5 Å². The minimum absolute atomic E-state index is 0.303. The average molecular weight is 278 g/mol. The number of nitrogens with two attached hydrogens (primary N) is 1. The lowest BCUT2D eigenvalue weighted by Crippen LogP contribution is -2.38. The Morgan fingerprint density at radius 3 is 2.80 bits per heavy atom. The number of halogens is 1. The quantitative estimate of drug-likeness (QED) is 0.848. The van der Waals surface area contributed by atoms with Crippen LogP contribution in [-0.2, 0) is 16.0 Å². The number of benzene rings is 1. The molecule has 108 valence electrons. The topological polar surface area (TPSA) is 68.1 Å². The lowest BCUT2D eigenvalue weighted by molar-refractivity contribution is -0.156. The van der Waals surface area contributed by atoms with E-state index in [-0.39, 0.29) is 5.82 Å². The van der Waals surface area contributed by atoms with Crippen LogP contribution >= 0.6 is 0 Å². The number of hydrogen-bond donors (Lipinski definition) is 2. The highest BCUT2D eigenvalue weighted by atomic mass is 19.1. The first-order valence-corrected chi connectivity index (χ1v) is 6.50. The third kappa shape index (κ3) is 3.36. The van der Waals surface area contributed by atoms with Crippen LogP contribution < -0.4 is 5.73 Å². The second-order valence-corrected chi connectivity index (χ2v) is 5.85. The fourth-order valence-electron chi connectivity index (χ4n) is 2.03. The van der Waals surface area contributed by atoms with Crippen LogP contribution in [0.4, 0.5) is 4.39 Å². The predicted octanol–water partition coefficient (Wildman–Crippen LogP) is 2.52. The Morgan fingerprint density at radius 2 is 2.15 bits per heavy atom. The highest BCUT2D eigenvalue weighted by molar-refractivity contribution is 5.84. The Kier molecular flexibility index (Phi) is 3.81.